The number of benzene rings is 1. The monoisotopic (exact) mass is 329 g/mol. The molecule has 0 aromatic heterocycles. The number of rotatable bonds is 4. The van der Waals surface area contributed by atoms with Crippen LogP contribution < -0.4 is 5.32 Å². The van der Waals surface area contributed by atoms with Crippen molar-refractivity contribution in [1.82, 2.24) is 5.32 Å². The average molecular weight is 329 g/mol. The van der Waals surface area contributed by atoms with Gasteiger partial charge in [-0.3, -0.25) is 4.79 Å². The number of ether oxygens (including phenoxy) is 1. The van der Waals surface area contributed by atoms with E-state index in [0.29, 0.717) is 18.3 Å². The highest BCUT2D eigenvalue weighted by Crippen LogP contribution is 2.61. The molecule has 2 N–H and O–H groups in total. The highest BCUT2D eigenvalue weighted by molar-refractivity contribution is 5.76. The molecule has 0 aliphatic heterocycles. The summed E-state index contributed by atoms with van der Waals surface area (Å²) in [4.78, 5) is 24.1. The lowest BCUT2D eigenvalue weighted by molar-refractivity contribution is -0.168. The fraction of sp³-hybridized carbons (Fsp3) is 0.579. The summed E-state index contributed by atoms with van der Waals surface area (Å²) < 4.78 is 5.36. The zero-order valence-corrected chi connectivity index (χ0v) is 13.7. The first-order chi connectivity index (χ1) is 11.5. The molecule has 4 saturated carbocycles. The van der Waals surface area contributed by atoms with Crippen molar-refractivity contribution < 1.29 is 19.4 Å². The van der Waals surface area contributed by atoms with E-state index in [2.05, 4.69) is 5.32 Å². The highest BCUT2D eigenvalue weighted by Gasteiger charge is 2.61. The van der Waals surface area contributed by atoms with Gasteiger partial charge in [0.15, 0.2) is 0 Å². The zero-order valence-electron chi connectivity index (χ0n) is 13.7. The van der Waals surface area contributed by atoms with Crippen molar-refractivity contribution in [1.29, 1.82) is 0 Å². The Bertz CT molecular complexity index is 643. The van der Waals surface area contributed by atoms with Gasteiger partial charge in [-0.05, 0) is 55.9 Å². The quantitative estimate of drug-likeness (QED) is 0.888. The van der Waals surface area contributed by atoms with Gasteiger partial charge >= 0.3 is 12.1 Å². The maximum absolute atomic E-state index is 12.3. The number of hydrogen-bond acceptors (Lipinski definition) is 3. The molecule has 1 aromatic carbocycles. The van der Waals surface area contributed by atoms with E-state index >= 15 is 0 Å². The average Bonchev–Trinajstić information content (AvgIpc) is 2.52. The lowest BCUT2D eigenvalue weighted by Gasteiger charge is -2.60. The molecule has 2 unspecified atom stereocenters. The largest absolute Gasteiger partial charge is 0.481 e. The molecule has 4 bridgehead atoms. The number of aliphatic carboxylic acids is 1. The lowest BCUT2D eigenvalue weighted by Crippen LogP contribution is -2.64. The molecule has 1 amide bonds. The van der Waals surface area contributed by atoms with Crippen molar-refractivity contribution >= 4 is 12.1 Å². The maximum atomic E-state index is 12.3. The molecule has 4 aliphatic rings. The van der Waals surface area contributed by atoms with Crippen molar-refractivity contribution in [3.8, 4) is 0 Å². The van der Waals surface area contributed by atoms with Crippen LogP contribution in [0.1, 0.15) is 44.1 Å². The first kappa shape index (κ1) is 15.5. The van der Waals surface area contributed by atoms with Crippen LogP contribution in [0.4, 0.5) is 4.79 Å². The van der Waals surface area contributed by atoms with Gasteiger partial charge in [-0.1, -0.05) is 30.3 Å². The molecule has 5 heteroatoms. The summed E-state index contributed by atoms with van der Waals surface area (Å²) in [6, 6.07) is 9.57. The summed E-state index contributed by atoms with van der Waals surface area (Å²) in [5.74, 6) is 0.133. The van der Waals surface area contributed by atoms with Gasteiger partial charge in [-0.15, -0.1) is 0 Å². The van der Waals surface area contributed by atoms with E-state index in [1.54, 1.807) is 0 Å². The second-order valence-corrected chi connectivity index (χ2v) is 8.01. The molecule has 24 heavy (non-hydrogen) atoms. The summed E-state index contributed by atoms with van der Waals surface area (Å²) in [6.07, 6.45) is 4.53. The van der Waals surface area contributed by atoms with E-state index in [-0.39, 0.29) is 6.61 Å². The van der Waals surface area contributed by atoms with Gasteiger partial charge in [0.2, 0.25) is 0 Å². The maximum Gasteiger partial charge on any atom is 0.407 e. The fourth-order valence-corrected chi connectivity index (χ4v) is 5.63. The van der Waals surface area contributed by atoms with Crippen LogP contribution >= 0.6 is 0 Å². The first-order valence-corrected chi connectivity index (χ1v) is 8.71. The van der Waals surface area contributed by atoms with E-state index in [1.165, 1.54) is 0 Å². The third-order valence-electron chi connectivity index (χ3n) is 6.09. The van der Waals surface area contributed by atoms with E-state index in [1.807, 2.05) is 30.3 Å². The molecule has 1 aromatic rings. The Kier molecular flexibility index (Phi) is 3.55. The second kappa shape index (κ2) is 5.50. The zero-order chi connectivity index (χ0) is 16.8. The SMILES string of the molecule is O=C(NC12C[C@H]3C[C@@H](C1)CC(C(=O)O)(C3)C2)OCc1ccccc1. The molecule has 0 saturated heterocycles. The fourth-order valence-electron chi connectivity index (χ4n) is 5.63. The van der Waals surface area contributed by atoms with E-state index in [4.69, 9.17) is 4.74 Å². The molecule has 0 radical (unpaired) electrons. The van der Waals surface area contributed by atoms with Crippen LogP contribution in [0, 0.1) is 17.3 Å². The molecule has 4 aliphatic carbocycles. The summed E-state index contributed by atoms with van der Waals surface area (Å²) in [6.45, 7) is 0.236. The van der Waals surface area contributed by atoms with Crippen molar-refractivity contribution in [2.45, 2.75) is 50.7 Å². The predicted octanol–water partition coefficient (Wildman–Crippen LogP) is 3.34. The van der Waals surface area contributed by atoms with Crippen LogP contribution in [-0.2, 0) is 16.1 Å². The number of carbonyl (C=O) groups excluding carboxylic acids is 1. The third kappa shape index (κ3) is 2.66. The first-order valence-electron chi connectivity index (χ1n) is 8.71. The Hall–Kier alpha value is -2.04. The number of carboxylic acid groups (broad SMARTS) is 1. The minimum absolute atomic E-state index is 0.236. The Balaban J connectivity index is 1.44. The van der Waals surface area contributed by atoms with Crippen LogP contribution in [-0.4, -0.2) is 22.7 Å². The Labute approximate surface area is 141 Å². The number of alkyl carbamates (subject to hydrolysis) is 1. The topological polar surface area (TPSA) is 75.6 Å². The van der Waals surface area contributed by atoms with Gasteiger partial charge < -0.3 is 15.2 Å². The summed E-state index contributed by atoms with van der Waals surface area (Å²) in [5, 5.41) is 12.8. The summed E-state index contributed by atoms with van der Waals surface area (Å²) >= 11 is 0. The van der Waals surface area contributed by atoms with Gasteiger partial charge in [0.05, 0.1) is 5.41 Å². The Morgan fingerprint density at radius 3 is 2.42 bits per heavy atom. The van der Waals surface area contributed by atoms with Crippen molar-refractivity contribution in [2.75, 3.05) is 0 Å². The normalized spacial score (nSPS) is 36.3. The summed E-state index contributed by atoms with van der Waals surface area (Å²) in [7, 11) is 0. The lowest BCUT2D eigenvalue weighted by atomic mass is 9.47. The molecule has 128 valence electrons. The van der Waals surface area contributed by atoms with Gasteiger partial charge in [0.25, 0.3) is 0 Å². The van der Waals surface area contributed by atoms with E-state index in [0.717, 1.165) is 37.7 Å². The van der Waals surface area contributed by atoms with Crippen LogP contribution in [0.3, 0.4) is 0 Å². The molecule has 4 atom stereocenters. The van der Waals surface area contributed by atoms with Crippen LogP contribution in [0.5, 0.6) is 0 Å². The summed E-state index contributed by atoms with van der Waals surface area (Å²) in [5.41, 5.74) is -0.0901. The number of nitrogens with one attached hydrogen (secondary N) is 1. The van der Waals surface area contributed by atoms with Crippen LogP contribution in [0.25, 0.3) is 0 Å². The second-order valence-electron chi connectivity index (χ2n) is 8.01. The van der Waals surface area contributed by atoms with E-state index in [9.17, 15) is 14.7 Å². The van der Waals surface area contributed by atoms with Gasteiger partial charge in [-0.25, -0.2) is 4.79 Å². The van der Waals surface area contributed by atoms with Crippen LogP contribution in [0.2, 0.25) is 0 Å². The van der Waals surface area contributed by atoms with Crippen LogP contribution in [0.15, 0.2) is 30.3 Å². The third-order valence-corrected chi connectivity index (χ3v) is 6.09. The molecule has 4 fully saturated rings. The highest BCUT2D eigenvalue weighted by atomic mass is 16.5. The Morgan fingerprint density at radius 2 is 1.79 bits per heavy atom. The smallest absolute Gasteiger partial charge is 0.407 e. The number of carbonyl (C=O) groups is 2. The van der Waals surface area contributed by atoms with Gasteiger partial charge in [-0.2, -0.15) is 0 Å². The molecular weight excluding hydrogens is 306 g/mol. The predicted molar refractivity (Wildman–Crippen MR) is 87.2 cm³/mol. The molecule has 0 spiro atoms. The van der Waals surface area contributed by atoms with Gasteiger partial charge in [0, 0.05) is 5.54 Å². The number of hydrogen-bond donors (Lipinski definition) is 2. The standard InChI is InChI=1S/C19H23NO4/c21-16(22)18-7-14-6-15(8-18)10-19(9-14,12-18)20-17(23)24-11-13-4-2-1-3-5-13/h1-5,14-15H,6-12H2,(H,20,23)(H,21,22)/t14-,15+,18?,19?. The molecule has 5 rings (SSSR count). The minimum Gasteiger partial charge on any atom is -0.481 e. The van der Waals surface area contributed by atoms with Crippen molar-refractivity contribution in [3.05, 3.63) is 35.9 Å². The van der Waals surface area contributed by atoms with E-state index < -0.39 is 23.0 Å². The number of carboxylic acids is 1. The number of amides is 1. The molecule has 5 nitrogen and oxygen atoms in total. The van der Waals surface area contributed by atoms with Gasteiger partial charge in [0.1, 0.15) is 6.61 Å². The molecule has 0 heterocycles. The van der Waals surface area contributed by atoms with Crippen molar-refractivity contribution in [3.63, 3.8) is 0 Å². The Morgan fingerprint density at radius 1 is 1.12 bits per heavy atom. The van der Waals surface area contributed by atoms with Crippen molar-refractivity contribution in [2.24, 2.45) is 17.3 Å². The minimum atomic E-state index is -0.694. The molecular formula is C19H23NO4.